The Morgan fingerprint density at radius 3 is 2.88 bits per heavy atom. The number of nitrogens with zero attached hydrogens (tertiary/aromatic N) is 1. The summed E-state index contributed by atoms with van der Waals surface area (Å²) in [6, 6.07) is 0. The quantitative estimate of drug-likeness (QED) is 0.741. The van der Waals surface area contributed by atoms with Gasteiger partial charge in [-0.05, 0) is 45.1 Å². The van der Waals surface area contributed by atoms with E-state index in [1.54, 1.807) is 0 Å². The molecule has 1 aliphatic rings. The largest absolute Gasteiger partial charge is 0.360 e. The normalized spacial score (nSPS) is 22.1. The van der Waals surface area contributed by atoms with E-state index in [0.29, 0.717) is 0 Å². The summed E-state index contributed by atoms with van der Waals surface area (Å²) in [4.78, 5) is 4.64. The number of hydrogen-bond donors (Lipinski definition) is 1. The van der Waals surface area contributed by atoms with E-state index in [4.69, 9.17) is 0 Å². The van der Waals surface area contributed by atoms with Crippen molar-refractivity contribution in [3.8, 4) is 0 Å². The Labute approximate surface area is 108 Å². The van der Waals surface area contributed by atoms with E-state index in [-0.39, 0.29) is 5.54 Å². The first kappa shape index (κ1) is 14.2. The third kappa shape index (κ3) is 6.04. The van der Waals surface area contributed by atoms with Crippen LogP contribution in [0.15, 0.2) is 4.99 Å². The molecule has 1 fully saturated rings. The predicted molar refractivity (Wildman–Crippen MR) is 78.8 cm³/mol. The second-order valence-electron chi connectivity index (χ2n) is 4.85. The average Bonchev–Trinajstić information content (AvgIpc) is 2.22. The van der Waals surface area contributed by atoms with E-state index in [9.17, 15) is 0 Å². The van der Waals surface area contributed by atoms with Crippen molar-refractivity contribution in [3.63, 3.8) is 0 Å². The van der Waals surface area contributed by atoms with Crippen LogP contribution in [-0.4, -0.2) is 35.0 Å². The summed E-state index contributed by atoms with van der Waals surface area (Å²) < 4.78 is 0. The zero-order chi connectivity index (χ0) is 11.9. The highest BCUT2D eigenvalue weighted by molar-refractivity contribution is 8.13. The van der Waals surface area contributed by atoms with Gasteiger partial charge in [0, 0.05) is 17.8 Å². The molecule has 1 aliphatic heterocycles. The summed E-state index contributed by atoms with van der Waals surface area (Å²) in [5, 5.41) is 4.66. The van der Waals surface area contributed by atoms with Crippen molar-refractivity contribution in [1.29, 1.82) is 0 Å². The summed E-state index contributed by atoms with van der Waals surface area (Å²) in [7, 11) is 0. The van der Waals surface area contributed by atoms with Crippen LogP contribution in [-0.2, 0) is 0 Å². The molecule has 2 nitrogen and oxygen atoms in total. The summed E-state index contributed by atoms with van der Waals surface area (Å²) in [6.07, 6.45) is 7.27. The lowest BCUT2D eigenvalue weighted by Gasteiger charge is -2.32. The van der Waals surface area contributed by atoms with Crippen molar-refractivity contribution in [2.75, 3.05) is 24.3 Å². The molecule has 0 bridgehead atoms. The van der Waals surface area contributed by atoms with Crippen molar-refractivity contribution in [1.82, 2.24) is 5.32 Å². The van der Waals surface area contributed by atoms with E-state index in [1.807, 2.05) is 23.5 Å². The van der Waals surface area contributed by atoms with Gasteiger partial charge in [0.2, 0.25) is 0 Å². The smallest absolute Gasteiger partial charge is 0.156 e. The maximum Gasteiger partial charge on any atom is 0.156 e. The molecule has 0 saturated carbocycles. The van der Waals surface area contributed by atoms with Crippen LogP contribution in [0.2, 0.25) is 0 Å². The second kappa shape index (κ2) is 7.49. The zero-order valence-corrected chi connectivity index (χ0v) is 12.3. The highest BCUT2D eigenvalue weighted by Crippen LogP contribution is 2.21. The molecule has 0 radical (unpaired) electrons. The number of thioether (sulfide) groups is 2. The maximum atomic E-state index is 4.64. The van der Waals surface area contributed by atoms with Gasteiger partial charge in [-0.3, -0.25) is 4.99 Å². The number of hydrogen-bond acceptors (Lipinski definition) is 3. The molecular formula is C12H24N2S2. The van der Waals surface area contributed by atoms with Gasteiger partial charge < -0.3 is 5.32 Å². The Morgan fingerprint density at radius 2 is 2.19 bits per heavy atom. The maximum absolute atomic E-state index is 4.64. The number of amidine groups is 1. The predicted octanol–water partition coefficient (Wildman–Crippen LogP) is 3.38. The van der Waals surface area contributed by atoms with E-state index < -0.39 is 0 Å². The van der Waals surface area contributed by atoms with Crippen LogP contribution >= 0.6 is 23.5 Å². The lowest BCUT2D eigenvalue weighted by atomic mass is 10.0. The van der Waals surface area contributed by atoms with Gasteiger partial charge in [0.15, 0.2) is 5.17 Å². The number of rotatable bonds is 6. The molecule has 1 N–H and O–H groups in total. The number of aliphatic imine (C=N–C) groups is 1. The van der Waals surface area contributed by atoms with E-state index in [2.05, 4.69) is 30.4 Å². The topological polar surface area (TPSA) is 24.4 Å². The number of unbranched alkanes of at least 4 members (excludes halogenated alkanes) is 2. The Kier molecular flexibility index (Phi) is 6.66. The van der Waals surface area contributed by atoms with Gasteiger partial charge in [0.25, 0.3) is 0 Å². The molecule has 16 heavy (non-hydrogen) atoms. The van der Waals surface area contributed by atoms with Crippen LogP contribution in [0.4, 0.5) is 0 Å². The van der Waals surface area contributed by atoms with Crippen LogP contribution in [0.5, 0.6) is 0 Å². The minimum Gasteiger partial charge on any atom is -0.360 e. The van der Waals surface area contributed by atoms with Gasteiger partial charge in [-0.1, -0.05) is 18.2 Å². The molecule has 1 heterocycles. The Morgan fingerprint density at radius 1 is 1.38 bits per heavy atom. The van der Waals surface area contributed by atoms with Crippen molar-refractivity contribution in [3.05, 3.63) is 0 Å². The Bertz CT molecular complexity index is 227. The first-order valence-corrected chi connectivity index (χ1v) is 8.46. The van der Waals surface area contributed by atoms with Crippen LogP contribution in [0, 0.1) is 0 Å². The number of nitrogens with one attached hydrogen (secondary N) is 1. The van der Waals surface area contributed by atoms with Gasteiger partial charge in [-0.2, -0.15) is 11.8 Å². The molecule has 94 valence electrons. The lowest BCUT2D eigenvalue weighted by Crippen LogP contribution is -2.46. The molecule has 1 rings (SSSR count). The molecule has 0 amide bonds. The minimum absolute atomic E-state index is 0.239. The molecule has 0 aromatic rings. The molecule has 0 aromatic carbocycles. The summed E-state index contributed by atoms with van der Waals surface area (Å²) in [5.41, 5.74) is 0.239. The third-order valence-electron chi connectivity index (χ3n) is 2.67. The monoisotopic (exact) mass is 260 g/mol. The fraction of sp³-hybridized carbons (Fsp3) is 0.917. The fourth-order valence-electron chi connectivity index (χ4n) is 1.59. The van der Waals surface area contributed by atoms with Crippen LogP contribution in [0.1, 0.15) is 39.5 Å². The molecule has 0 aliphatic carbocycles. The average molecular weight is 260 g/mol. The van der Waals surface area contributed by atoms with Crippen molar-refractivity contribution in [2.24, 2.45) is 4.99 Å². The highest BCUT2D eigenvalue weighted by atomic mass is 32.2. The molecule has 0 unspecified atom stereocenters. The molecule has 0 spiro atoms. The second-order valence-corrected chi connectivity index (χ2v) is 6.92. The zero-order valence-electron chi connectivity index (χ0n) is 10.7. The van der Waals surface area contributed by atoms with Gasteiger partial charge in [0.05, 0.1) is 0 Å². The third-order valence-corrected chi connectivity index (χ3v) is 4.28. The first-order chi connectivity index (χ1) is 7.64. The van der Waals surface area contributed by atoms with E-state index in [1.165, 1.54) is 37.2 Å². The SMILES string of the molecule is CSCCCCCN=C1NC(C)(C)CCS1. The van der Waals surface area contributed by atoms with E-state index in [0.717, 1.165) is 11.7 Å². The molecule has 1 saturated heterocycles. The standard InChI is InChI=1S/C12H24N2S2/c1-12(2)7-10-16-11(14-12)13-8-5-4-6-9-15-3/h4-10H2,1-3H3,(H,13,14). The lowest BCUT2D eigenvalue weighted by molar-refractivity contribution is 0.446. The van der Waals surface area contributed by atoms with Gasteiger partial charge in [-0.25, -0.2) is 0 Å². The molecule has 4 heteroatoms. The van der Waals surface area contributed by atoms with Gasteiger partial charge >= 0.3 is 0 Å². The van der Waals surface area contributed by atoms with Crippen molar-refractivity contribution >= 4 is 28.7 Å². The fourth-order valence-corrected chi connectivity index (χ4v) is 3.42. The van der Waals surface area contributed by atoms with Crippen molar-refractivity contribution < 1.29 is 0 Å². The molecule has 0 atom stereocenters. The van der Waals surface area contributed by atoms with Crippen LogP contribution in [0.3, 0.4) is 0 Å². The minimum atomic E-state index is 0.239. The van der Waals surface area contributed by atoms with Crippen LogP contribution < -0.4 is 5.32 Å². The van der Waals surface area contributed by atoms with Gasteiger partial charge in [-0.15, -0.1) is 0 Å². The summed E-state index contributed by atoms with van der Waals surface area (Å²) in [5.74, 6) is 2.49. The van der Waals surface area contributed by atoms with Crippen molar-refractivity contribution in [2.45, 2.75) is 45.1 Å². The summed E-state index contributed by atoms with van der Waals surface area (Å²) in [6.45, 7) is 5.49. The van der Waals surface area contributed by atoms with Crippen LogP contribution in [0.25, 0.3) is 0 Å². The van der Waals surface area contributed by atoms with E-state index >= 15 is 0 Å². The highest BCUT2D eigenvalue weighted by Gasteiger charge is 2.23. The molecular weight excluding hydrogens is 236 g/mol. The molecule has 0 aromatic heterocycles. The Balaban J connectivity index is 2.14. The first-order valence-electron chi connectivity index (χ1n) is 6.08. The summed E-state index contributed by atoms with van der Waals surface area (Å²) >= 11 is 3.80. The van der Waals surface area contributed by atoms with Gasteiger partial charge in [0.1, 0.15) is 0 Å². The Hall–Kier alpha value is 0.170.